The zero-order valence-electron chi connectivity index (χ0n) is 10.4. The molecule has 0 amide bonds. The van der Waals surface area contributed by atoms with Crippen LogP contribution in [0.5, 0.6) is 0 Å². The molecule has 0 fully saturated rings. The number of aromatic nitrogens is 2. The van der Waals surface area contributed by atoms with Crippen LogP contribution in [0.2, 0.25) is 0 Å². The molecule has 1 aromatic heterocycles. The van der Waals surface area contributed by atoms with Gasteiger partial charge in [0.15, 0.2) is 0 Å². The van der Waals surface area contributed by atoms with E-state index in [0.29, 0.717) is 5.95 Å². The molecular weight excluding hydrogens is 236 g/mol. The van der Waals surface area contributed by atoms with E-state index in [4.69, 9.17) is 0 Å². The SMILES string of the molecule is CCCNc1nccc(NCCCS(C)=O)n1. The third-order valence-corrected chi connectivity index (χ3v) is 2.97. The Bertz CT molecular complexity index is 359. The molecule has 5 nitrogen and oxygen atoms in total. The molecule has 0 aliphatic rings. The van der Waals surface area contributed by atoms with E-state index in [9.17, 15) is 4.21 Å². The summed E-state index contributed by atoms with van der Waals surface area (Å²) in [5.41, 5.74) is 0. The topological polar surface area (TPSA) is 66.9 Å². The van der Waals surface area contributed by atoms with Crippen molar-refractivity contribution in [2.24, 2.45) is 0 Å². The van der Waals surface area contributed by atoms with Gasteiger partial charge in [0, 0.05) is 42.1 Å². The van der Waals surface area contributed by atoms with Gasteiger partial charge in [-0.15, -0.1) is 0 Å². The molecule has 96 valence electrons. The molecule has 17 heavy (non-hydrogen) atoms. The highest BCUT2D eigenvalue weighted by Crippen LogP contribution is 2.05. The number of nitrogens with zero attached hydrogens (tertiary/aromatic N) is 2. The number of nitrogens with one attached hydrogen (secondary N) is 2. The molecule has 0 aromatic carbocycles. The third kappa shape index (κ3) is 6.21. The summed E-state index contributed by atoms with van der Waals surface area (Å²) in [4.78, 5) is 8.44. The van der Waals surface area contributed by atoms with Crippen molar-refractivity contribution in [3.63, 3.8) is 0 Å². The summed E-state index contributed by atoms with van der Waals surface area (Å²) >= 11 is 0. The fourth-order valence-corrected chi connectivity index (χ4v) is 1.82. The Hall–Kier alpha value is -1.17. The largest absolute Gasteiger partial charge is 0.370 e. The Labute approximate surface area is 105 Å². The lowest BCUT2D eigenvalue weighted by Crippen LogP contribution is -2.09. The summed E-state index contributed by atoms with van der Waals surface area (Å²) < 4.78 is 10.9. The van der Waals surface area contributed by atoms with Gasteiger partial charge in [-0.05, 0) is 18.9 Å². The summed E-state index contributed by atoms with van der Waals surface area (Å²) in [6.45, 7) is 3.75. The predicted molar refractivity (Wildman–Crippen MR) is 72.9 cm³/mol. The monoisotopic (exact) mass is 256 g/mol. The Morgan fingerprint density at radius 1 is 1.35 bits per heavy atom. The minimum absolute atomic E-state index is 0.649. The van der Waals surface area contributed by atoms with E-state index in [1.54, 1.807) is 12.5 Å². The second kappa shape index (κ2) is 8.00. The van der Waals surface area contributed by atoms with Crippen molar-refractivity contribution in [3.8, 4) is 0 Å². The van der Waals surface area contributed by atoms with E-state index >= 15 is 0 Å². The molecule has 0 saturated heterocycles. The van der Waals surface area contributed by atoms with Crippen molar-refractivity contribution >= 4 is 22.6 Å². The minimum Gasteiger partial charge on any atom is -0.370 e. The van der Waals surface area contributed by atoms with Crippen LogP contribution in [0.1, 0.15) is 19.8 Å². The van der Waals surface area contributed by atoms with Crippen molar-refractivity contribution in [1.29, 1.82) is 0 Å². The lowest BCUT2D eigenvalue weighted by molar-refractivity contribution is 0.685. The molecular formula is C11H20N4OS. The second-order valence-corrected chi connectivity index (χ2v) is 5.30. The molecule has 6 heteroatoms. The maximum atomic E-state index is 10.9. The van der Waals surface area contributed by atoms with Crippen LogP contribution in [0.25, 0.3) is 0 Å². The lowest BCUT2D eigenvalue weighted by Gasteiger charge is -2.07. The van der Waals surface area contributed by atoms with Crippen LogP contribution < -0.4 is 10.6 Å². The molecule has 0 bridgehead atoms. The summed E-state index contributed by atoms with van der Waals surface area (Å²) in [5.74, 6) is 2.18. The van der Waals surface area contributed by atoms with Gasteiger partial charge >= 0.3 is 0 Å². The normalized spacial score (nSPS) is 12.1. The highest BCUT2D eigenvalue weighted by atomic mass is 32.2. The summed E-state index contributed by atoms with van der Waals surface area (Å²) in [5, 5.41) is 6.32. The highest BCUT2D eigenvalue weighted by molar-refractivity contribution is 7.84. The fourth-order valence-electron chi connectivity index (χ4n) is 1.27. The molecule has 1 rings (SSSR count). The Balaban J connectivity index is 2.34. The van der Waals surface area contributed by atoms with Crippen molar-refractivity contribution in [3.05, 3.63) is 12.3 Å². The summed E-state index contributed by atoms with van der Waals surface area (Å²) in [6.07, 6.45) is 5.37. The quantitative estimate of drug-likeness (QED) is 0.690. The number of rotatable bonds is 8. The summed E-state index contributed by atoms with van der Waals surface area (Å²) in [6, 6.07) is 1.83. The Kier molecular flexibility index (Phi) is 6.54. The molecule has 1 atom stereocenters. The molecule has 0 aliphatic carbocycles. The van der Waals surface area contributed by atoms with E-state index in [-0.39, 0.29) is 0 Å². The smallest absolute Gasteiger partial charge is 0.224 e. The molecule has 0 saturated carbocycles. The average Bonchev–Trinajstić information content (AvgIpc) is 2.32. The van der Waals surface area contributed by atoms with E-state index in [2.05, 4.69) is 27.5 Å². The first-order valence-electron chi connectivity index (χ1n) is 5.83. The van der Waals surface area contributed by atoms with Crippen LogP contribution in [0, 0.1) is 0 Å². The van der Waals surface area contributed by atoms with Gasteiger partial charge in [0.05, 0.1) is 0 Å². The van der Waals surface area contributed by atoms with Crippen LogP contribution in [-0.2, 0) is 10.8 Å². The summed E-state index contributed by atoms with van der Waals surface area (Å²) in [7, 11) is -0.717. The number of hydrogen-bond donors (Lipinski definition) is 2. The first-order valence-corrected chi connectivity index (χ1v) is 7.56. The standard InChI is InChI=1S/C11H20N4OS/c1-3-6-13-11-14-8-5-10(15-11)12-7-4-9-17(2)16/h5,8H,3-4,6-7,9H2,1-2H3,(H2,12,13,14,15). The molecule has 1 heterocycles. The van der Waals surface area contributed by atoms with Crippen LogP contribution in [0.4, 0.5) is 11.8 Å². The fraction of sp³-hybridized carbons (Fsp3) is 0.636. The minimum atomic E-state index is -0.717. The van der Waals surface area contributed by atoms with Gasteiger partial charge in [-0.25, -0.2) is 4.98 Å². The van der Waals surface area contributed by atoms with Gasteiger partial charge in [0.2, 0.25) is 5.95 Å². The lowest BCUT2D eigenvalue weighted by atomic mass is 10.4. The van der Waals surface area contributed by atoms with Crippen LogP contribution in [-0.4, -0.2) is 39.3 Å². The zero-order valence-corrected chi connectivity index (χ0v) is 11.2. The van der Waals surface area contributed by atoms with Crippen LogP contribution >= 0.6 is 0 Å². The van der Waals surface area contributed by atoms with Crippen LogP contribution in [0.15, 0.2) is 12.3 Å². The molecule has 0 spiro atoms. The molecule has 2 N–H and O–H groups in total. The maximum absolute atomic E-state index is 10.9. The predicted octanol–water partition coefficient (Wildman–Crippen LogP) is 1.48. The molecule has 0 radical (unpaired) electrons. The van der Waals surface area contributed by atoms with Gasteiger partial charge in [0.25, 0.3) is 0 Å². The molecule has 1 unspecified atom stereocenters. The van der Waals surface area contributed by atoms with Crippen molar-refractivity contribution in [1.82, 2.24) is 9.97 Å². The van der Waals surface area contributed by atoms with Crippen molar-refractivity contribution in [2.45, 2.75) is 19.8 Å². The second-order valence-electron chi connectivity index (χ2n) is 3.75. The van der Waals surface area contributed by atoms with Crippen molar-refractivity contribution < 1.29 is 4.21 Å². The van der Waals surface area contributed by atoms with Gasteiger partial charge < -0.3 is 10.6 Å². The molecule has 0 aliphatic heterocycles. The Morgan fingerprint density at radius 3 is 2.88 bits per heavy atom. The number of hydrogen-bond acceptors (Lipinski definition) is 5. The first-order chi connectivity index (χ1) is 8.22. The third-order valence-electron chi connectivity index (χ3n) is 2.10. The zero-order chi connectivity index (χ0) is 12.5. The first kappa shape index (κ1) is 13.9. The van der Waals surface area contributed by atoms with E-state index in [1.807, 2.05) is 6.07 Å². The van der Waals surface area contributed by atoms with Gasteiger partial charge in [0.1, 0.15) is 5.82 Å². The van der Waals surface area contributed by atoms with Gasteiger partial charge in [-0.3, -0.25) is 4.21 Å². The van der Waals surface area contributed by atoms with Crippen molar-refractivity contribution in [2.75, 3.05) is 35.7 Å². The van der Waals surface area contributed by atoms with E-state index < -0.39 is 10.8 Å². The average molecular weight is 256 g/mol. The van der Waals surface area contributed by atoms with E-state index in [1.165, 1.54) is 0 Å². The van der Waals surface area contributed by atoms with E-state index in [0.717, 1.165) is 37.5 Å². The van der Waals surface area contributed by atoms with Gasteiger partial charge in [-0.1, -0.05) is 6.92 Å². The van der Waals surface area contributed by atoms with Crippen LogP contribution in [0.3, 0.4) is 0 Å². The maximum Gasteiger partial charge on any atom is 0.224 e. The Morgan fingerprint density at radius 2 is 2.18 bits per heavy atom. The molecule has 1 aromatic rings. The highest BCUT2D eigenvalue weighted by Gasteiger charge is 1.98. The number of anilines is 2. The van der Waals surface area contributed by atoms with Gasteiger partial charge in [-0.2, -0.15) is 4.98 Å².